The number of nitrogens with zero attached hydrogens (tertiary/aromatic N) is 4. The molecule has 2 heterocycles. The third kappa shape index (κ3) is 8.31. The van der Waals surface area contributed by atoms with Crippen molar-refractivity contribution in [3.05, 3.63) is 70.5 Å². The van der Waals surface area contributed by atoms with Crippen molar-refractivity contribution >= 4 is 33.8 Å². The van der Waals surface area contributed by atoms with E-state index in [9.17, 15) is 0 Å². The van der Waals surface area contributed by atoms with Crippen molar-refractivity contribution in [1.82, 2.24) is 15.2 Å². The van der Waals surface area contributed by atoms with Gasteiger partial charge in [-0.1, -0.05) is 25.7 Å². The van der Waals surface area contributed by atoms with E-state index in [1.807, 2.05) is 31.3 Å². The fourth-order valence-electron chi connectivity index (χ4n) is 4.40. The molecule has 1 aromatic rings. The molecule has 1 aliphatic heterocycles. The first-order valence-electron chi connectivity index (χ1n) is 13.1. The fraction of sp³-hybridized carbons (Fsp3) is 0.448. The maximum atomic E-state index is 7.98. The van der Waals surface area contributed by atoms with E-state index in [0.29, 0.717) is 24.2 Å². The standard InChI is InChI=1S/C29H42N7P/c1-6-8-26(37)24(7-2)35-27-17-21(11-14-32-27)19-33-29(34-23-12-15-36(5)16-13-23)28(25(18-30)31-4)20(3)22-9-10-22/h7-8,11,14,17-18,22-23,30H,3-4,6,9-10,12-13,15-16,19,37H2,1-2,5H3,(H,32,35)(H,33,34)/b24-7+,26-8+,28-25-,30-18?. The van der Waals surface area contributed by atoms with Gasteiger partial charge in [-0.05, 0) is 100 Å². The molecule has 37 heavy (non-hydrogen) atoms. The molecule has 1 aliphatic carbocycles. The molecule has 0 bridgehead atoms. The summed E-state index contributed by atoms with van der Waals surface area (Å²) in [5, 5.41) is 16.2. The zero-order valence-electron chi connectivity index (χ0n) is 22.6. The molecule has 0 spiro atoms. The Balaban J connectivity index is 1.90. The first-order valence-corrected chi connectivity index (χ1v) is 13.7. The lowest BCUT2D eigenvalue weighted by Gasteiger charge is -2.31. The Kier molecular flexibility index (Phi) is 11.0. The molecule has 1 unspecified atom stereocenters. The third-order valence-corrected chi connectivity index (χ3v) is 7.33. The van der Waals surface area contributed by atoms with Crippen LogP contribution in [0.1, 0.15) is 51.5 Å². The molecule has 0 radical (unpaired) electrons. The van der Waals surface area contributed by atoms with E-state index in [2.05, 4.69) is 68.1 Å². The molecular formula is C29H42N7P. The summed E-state index contributed by atoms with van der Waals surface area (Å²) >= 11 is 0. The molecule has 1 saturated heterocycles. The Morgan fingerprint density at radius 2 is 2.03 bits per heavy atom. The lowest BCUT2D eigenvalue weighted by atomic mass is 9.98. The molecule has 0 aromatic carbocycles. The number of aliphatic imine (C=N–C) groups is 2. The van der Waals surface area contributed by atoms with Crippen LogP contribution in [0.25, 0.3) is 0 Å². The predicted octanol–water partition coefficient (Wildman–Crippen LogP) is 5.72. The van der Waals surface area contributed by atoms with E-state index in [1.54, 1.807) is 0 Å². The molecule has 1 atom stereocenters. The number of hydrogen-bond acceptors (Lipinski definition) is 6. The molecule has 2 aliphatic rings. The van der Waals surface area contributed by atoms with E-state index in [1.165, 1.54) is 6.21 Å². The van der Waals surface area contributed by atoms with Crippen LogP contribution in [0.5, 0.6) is 0 Å². The van der Waals surface area contributed by atoms with Gasteiger partial charge in [0.15, 0.2) is 0 Å². The number of pyridine rings is 1. The van der Waals surface area contributed by atoms with Crippen LogP contribution in [0.15, 0.2) is 74.9 Å². The number of aromatic nitrogens is 1. The van der Waals surface area contributed by atoms with Crippen LogP contribution in [-0.2, 0) is 6.54 Å². The molecule has 7 nitrogen and oxygen atoms in total. The van der Waals surface area contributed by atoms with Crippen molar-refractivity contribution in [2.75, 3.05) is 25.5 Å². The lowest BCUT2D eigenvalue weighted by Crippen LogP contribution is -2.44. The number of hydrogen-bond donors (Lipinski definition) is 3. The van der Waals surface area contributed by atoms with Gasteiger partial charge in [-0.2, -0.15) is 0 Å². The molecule has 0 amide bonds. The van der Waals surface area contributed by atoms with Gasteiger partial charge in [-0.25, -0.2) is 4.98 Å². The van der Waals surface area contributed by atoms with Crippen molar-refractivity contribution in [1.29, 1.82) is 5.41 Å². The van der Waals surface area contributed by atoms with Crippen molar-refractivity contribution in [3.63, 3.8) is 0 Å². The van der Waals surface area contributed by atoms with Gasteiger partial charge < -0.3 is 20.9 Å². The quantitative estimate of drug-likeness (QED) is 0.143. The minimum absolute atomic E-state index is 0.312. The SMILES string of the molecule is C=N/C(C=N)=C(/C(=C)C1CC1)C(=NCc1ccnc(NC(=C/C)/C(P)=C\CC)c1)NC1CCN(C)CC1. The van der Waals surface area contributed by atoms with Gasteiger partial charge in [-0.3, -0.25) is 9.98 Å². The van der Waals surface area contributed by atoms with Gasteiger partial charge in [0, 0.05) is 29.7 Å². The van der Waals surface area contributed by atoms with E-state index in [-0.39, 0.29) is 0 Å². The Morgan fingerprint density at radius 3 is 2.62 bits per heavy atom. The largest absolute Gasteiger partial charge is 0.367 e. The van der Waals surface area contributed by atoms with Crippen molar-refractivity contribution in [2.24, 2.45) is 15.9 Å². The van der Waals surface area contributed by atoms with Gasteiger partial charge >= 0.3 is 0 Å². The zero-order chi connectivity index (χ0) is 26.8. The highest BCUT2D eigenvalue weighted by Crippen LogP contribution is 2.40. The normalized spacial score (nSPS) is 18.8. The summed E-state index contributed by atoms with van der Waals surface area (Å²) in [7, 11) is 4.95. The summed E-state index contributed by atoms with van der Waals surface area (Å²) in [6.45, 7) is 14.8. The Hall–Kier alpha value is -2.89. The number of piperidine rings is 1. The second-order valence-corrected chi connectivity index (χ2v) is 10.3. The van der Waals surface area contributed by atoms with Gasteiger partial charge in [0.25, 0.3) is 0 Å². The Bertz CT molecular complexity index is 1090. The average Bonchev–Trinajstić information content (AvgIpc) is 3.75. The number of rotatable bonds is 12. The number of nitrogens with one attached hydrogen (secondary N) is 3. The minimum atomic E-state index is 0.312. The Labute approximate surface area is 224 Å². The number of allylic oxidation sites excluding steroid dienone is 4. The first-order chi connectivity index (χ1) is 17.9. The summed E-state index contributed by atoms with van der Waals surface area (Å²) in [4.78, 5) is 16.1. The van der Waals surface area contributed by atoms with Crippen LogP contribution in [0, 0.1) is 11.3 Å². The van der Waals surface area contributed by atoms with E-state index >= 15 is 0 Å². The summed E-state index contributed by atoms with van der Waals surface area (Å²) < 4.78 is 0. The highest BCUT2D eigenvalue weighted by atomic mass is 31.0. The topological polar surface area (TPSA) is 88.8 Å². The maximum Gasteiger partial charge on any atom is 0.131 e. The highest BCUT2D eigenvalue weighted by molar-refractivity contribution is 7.23. The molecule has 198 valence electrons. The molecule has 3 N–H and O–H groups in total. The monoisotopic (exact) mass is 519 g/mol. The van der Waals surface area contributed by atoms with Crippen LogP contribution in [0.3, 0.4) is 0 Å². The first kappa shape index (κ1) is 28.7. The number of amidine groups is 1. The summed E-state index contributed by atoms with van der Waals surface area (Å²) in [5.74, 6) is 1.96. The highest BCUT2D eigenvalue weighted by Gasteiger charge is 2.31. The van der Waals surface area contributed by atoms with Crippen LogP contribution in [0.2, 0.25) is 0 Å². The van der Waals surface area contributed by atoms with E-state index < -0.39 is 0 Å². The average molecular weight is 520 g/mol. The third-order valence-electron chi connectivity index (χ3n) is 6.78. The van der Waals surface area contributed by atoms with Crippen molar-refractivity contribution in [3.8, 4) is 0 Å². The van der Waals surface area contributed by atoms with Gasteiger partial charge in [0.05, 0.1) is 12.2 Å². The van der Waals surface area contributed by atoms with Gasteiger partial charge in [0.1, 0.15) is 11.7 Å². The second-order valence-electron chi connectivity index (χ2n) is 9.69. The number of likely N-dealkylation sites (tertiary alicyclic amines) is 1. The second kappa shape index (κ2) is 14.2. The molecule has 1 aromatic heterocycles. The maximum absolute atomic E-state index is 7.98. The van der Waals surface area contributed by atoms with Gasteiger partial charge in [-0.15, -0.1) is 9.24 Å². The van der Waals surface area contributed by atoms with Crippen LogP contribution < -0.4 is 10.6 Å². The summed E-state index contributed by atoms with van der Waals surface area (Å²) in [5.41, 5.74) is 4.40. The zero-order valence-corrected chi connectivity index (χ0v) is 23.7. The molecule has 8 heteroatoms. The number of anilines is 1. The van der Waals surface area contributed by atoms with E-state index in [0.717, 1.165) is 84.6 Å². The minimum Gasteiger partial charge on any atom is -0.367 e. The van der Waals surface area contributed by atoms with Crippen molar-refractivity contribution in [2.45, 2.75) is 58.5 Å². The molecule has 2 fully saturated rings. The van der Waals surface area contributed by atoms with Crippen LogP contribution in [-0.4, -0.2) is 54.8 Å². The van der Waals surface area contributed by atoms with Crippen LogP contribution >= 0.6 is 9.24 Å². The molecular weight excluding hydrogens is 477 g/mol. The van der Waals surface area contributed by atoms with Crippen LogP contribution in [0.4, 0.5) is 5.82 Å². The van der Waals surface area contributed by atoms with E-state index in [4.69, 9.17) is 10.4 Å². The smallest absolute Gasteiger partial charge is 0.131 e. The predicted molar refractivity (Wildman–Crippen MR) is 162 cm³/mol. The summed E-state index contributed by atoms with van der Waals surface area (Å²) in [6, 6.07) is 4.33. The van der Waals surface area contributed by atoms with Crippen molar-refractivity contribution < 1.29 is 0 Å². The molecule has 1 saturated carbocycles. The fourth-order valence-corrected chi connectivity index (χ4v) is 4.88. The molecule has 3 rings (SSSR count). The summed E-state index contributed by atoms with van der Waals surface area (Å²) in [6.07, 6.45) is 12.6. The lowest BCUT2D eigenvalue weighted by molar-refractivity contribution is 0.247. The Morgan fingerprint density at radius 1 is 1.30 bits per heavy atom. The van der Waals surface area contributed by atoms with Gasteiger partial charge in [0.2, 0.25) is 0 Å².